The molecule has 0 bridgehead atoms. The van der Waals surface area contributed by atoms with E-state index in [1.54, 1.807) is 0 Å². The Kier molecular flexibility index (Phi) is 3.08. The monoisotopic (exact) mass is 216 g/mol. The van der Waals surface area contributed by atoms with Crippen molar-refractivity contribution in [3.8, 4) is 11.1 Å². The number of aryl methyl sites for hydroxylation is 1. The Hall–Kier alpha value is -1.27. The summed E-state index contributed by atoms with van der Waals surface area (Å²) in [6, 6.07) is 16.5. The van der Waals surface area contributed by atoms with Crippen LogP contribution in [0, 0.1) is 0 Å². The summed E-state index contributed by atoms with van der Waals surface area (Å²) >= 11 is 5.97. The van der Waals surface area contributed by atoms with E-state index < -0.39 is 0 Å². The zero-order valence-corrected chi connectivity index (χ0v) is 9.46. The van der Waals surface area contributed by atoms with Crippen LogP contribution in [0.1, 0.15) is 12.5 Å². The minimum atomic E-state index is 0.786. The third-order valence-electron chi connectivity index (χ3n) is 2.49. The van der Waals surface area contributed by atoms with E-state index >= 15 is 0 Å². The quantitative estimate of drug-likeness (QED) is 0.690. The number of rotatable bonds is 2. The van der Waals surface area contributed by atoms with Gasteiger partial charge >= 0.3 is 0 Å². The van der Waals surface area contributed by atoms with Crippen molar-refractivity contribution in [1.29, 1.82) is 0 Å². The van der Waals surface area contributed by atoms with E-state index in [1.807, 2.05) is 18.2 Å². The van der Waals surface area contributed by atoms with Crippen molar-refractivity contribution in [2.45, 2.75) is 13.3 Å². The van der Waals surface area contributed by atoms with Crippen molar-refractivity contribution in [1.82, 2.24) is 0 Å². The van der Waals surface area contributed by atoms with E-state index in [1.165, 1.54) is 16.7 Å². The molecule has 0 saturated carbocycles. The minimum absolute atomic E-state index is 0.786. The van der Waals surface area contributed by atoms with Crippen LogP contribution in [0.3, 0.4) is 0 Å². The van der Waals surface area contributed by atoms with Gasteiger partial charge in [0.25, 0.3) is 0 Å². The summed E-state index contributed by atoms with van der Waals surface area (Å²) in [5.74, 6) is 0. The molecule has 76 valence electrons. The highest BCUT2D eigenvalue weighted by Crippen LogP contribution is 2.23. The molecular formula is C14H13Cl. The summed E-state index contributed by atoms with van der Waals surface area (Å²) in [7, 11) is 0. The van der Waals surface area contributed by atoms with E-state index in [-0.39, 0.29) is 0 Å². The highest BCUT2D eigenvalue weighted by Gasteiger charge is 1.98. The first kappa shape index (κ1) is 10.3. The van der Waals surface area contributed by atoms with E-state index in [0.29, 0.717) is 0 Å². The number of halogens is 1. The van der Waals surface area contributed by atoms with Crippen molar-refractivity contribution in [3.05, 3.63) is 59.1 Å². The summed E-state index contributed by atoms with van der Waals surface area (Å²) in [5, 5.41) is 0.786. The Bertz CT molecular complexity index is 460. The lowest BCUT2D eigenvalue weighted by Crippen LogP contribution is -1.82. The second kappa shape index (κ2) is 4.50. The van der Waals surface area contributed by atoms with Gasteiger partial charge in [0.15, 0.2) is 0 Å². The first-order valence-electron chi connectivity index (χ1n) is 5.14. The molecule has 15 heavy (non-hydrogen) atoms. The van der Waals surface area contributed by atoms with Crippen LogP contribution in [-0.2, 0) is 6.42 Å². The molecule has 0 aliphatic rings. The highest BCUT2D eigenvalue weighted by molar-refractivity contribution is 6.30. The molecule has 0 nitrogen and oxygen atoms in total. The van der Waals surface area contributed by atoms with Crippen molar-refractivity contribution < 1.29 is 0 Å². The molecule has 0 saturated heterocycles. The van der Waals surface area contributed by atoms with Crippen LogP contribution >= 0.6 is 11.6 Å². The summed E-state index contributed by atoms with van der Waals surface area (Å²) < 4.78 is 0. The zero-order valence-electron chi connectivity index (χ0n) is 8.70. The first-order chi connectivity index (χ1) is 7.29. The van der Waals surface area contributed by atoms with Crippen LogP contribution in [0.2, 0.25) is 5.02 Å². The Balaban J connectivity index is 2.44. The lowest BCUT2D eigenvalue weighted by Gasteiger charge is -2.04. The van der Waals surface area contributed by atoms with E-state index in [9.17, 15) is 0 Å². The lowest BCUT2D eigenvalue weighted by atomic mass is 10.0. The normalized spacial score (nSPS) is 10.3. The van der Waals surface area contributed by atoms with Crippen LogP contribution in [0.25, 0.3) is 11.1 Å². The summed E-state index contributed by atoms with van der Waals surface area (Å²) in [5.41, 5.74) is 3.77. The molecular weight excluding hydrogens is 204 g/mol. The molecule has 1 heteroatoms. The highest BCUT2D eigenvalue weighted by atomic mass is 35.5. The molecule has 2 aromatic rings. The second-order valence-electron chi connectivity index (χ2n) is 3.56. The van der Waals surface area contributed by atoms with Gasteiger partial charge in [0.1, 0.15) is 0 Å². The van der Waals surface area contributed by atoms with E-state index in [2.05, 4.69) is 37.3 Å². The van der Waals surface area contributed by atoms with Gasteiger partial charge in [-0.3, -0.25) is 0 Å². The van der Waals surface area contributed by atoms with Gasteiger partial charge in [-0.2, -0.15) is 0 Å². The average Bonchev–Trinajstić information content (AvgIpc) is 2.29. The van der Waals surface area contributed by atoms with Crippen molar-refractivity contribution >= 4 is 11.6 Å². The number of hydrogen-bond acceptors (Lipinski definition) is 0. The van der Waals surface area contributed by atoms with Crippen LogP contribution in [0.5, 0.6) is 0 Å². The molecule has 0 amide bonds. The topological polar surface area (TPSA) is 0 Å². The van der Waals surface area contributed by atoms with Gasteiger partial charge in [-0.05, 0) is 35.2 Å². The third kappa shape index (κ3) is 2.40. The van der Waals surface area contributed by atoms with Crippen LogP contribution in [-0.4, -0.2) is 0 Å². The molecule has 0 aliphatic heterocycles. The van der Waals surface area contributed by atoms with Gasteiger partial charge in [-0.1, -0.05) is 54.9 Å². The standard InChI is InChI=1S/C14H13Cl/c1-2-11-5-3-6-12(9-11)13-7-4-8-14(15)10-13/h3-10H,2H2,1H3. The summed E-state index contributed by atoms with van der Waals surface area (Å²) in [6.45, 7) is 2.16. The smallest absolute Gasteiger partial charge is 0.0412 e. The second-order valence-corrected chi connectivity index (χ2v) is 4.00. The van der Waals surface area contributed by atoms with Gasteiger partial charge in [0, 0.05) is 5.02 Å². The SMILES string of the molecule is CCc1cccc(-c2cccc(Cl)c2)c1. The molecule has 0 spiro atoms. The molecule has 0 radical (unpaired) electrons. The Morgan fingerprint density at radius 3 is 2.27 bits per heavy atom. The predicted octanol–water partition coefficient (Wildman–Crippen LogP) is 4.57. The Morgan fingerprint density at radius 1 is 0.933 bits per heavy atom. The molecule has 0 unspecified atom stereocenters. The molecule has 0 N–H and O–H groups in total. The minimum Gasteiger partial charge on any atom is -0.0843 e. The fourth-order valence-electron chi connectivity index (χ4n) is 1.64. The maximum atomic E-state index is 5.97. The maximum Gasteiger partial charge on any atom is 0.0412 e. The summed E-state index contributed by atoms with van der Waals surface area (Å²) in [6.07, 6.45) is 1.06. The van der Waals surface area contributed by atoms with Gasteiger partial charge < -0.3 is 0 Å². The summed E-state index contributed by atoms with van der Waals surface area (Å²) in [4.78, 5) is 0. The van der Waals surface area contributed by atoms with Crippen molar-refractivity contribution in [2.24, 2.45) is 0 Å². The van der Waals surface area contributed by atoms with E-state index in [4.69, 9.17) is 11.6 Å². The Labute approximate surface area is 95.5 Å². The van der Waals surface area contributed by atoms with Crippen LogP contribution < -0.4 is 0 Å². The average molecular weight is 217 g/mol. The predicted molar refractivity (Wildman–Crippen MR) is 66.3 cm³/mol. The molecule has 0 aliphatic carbocycles. The molecule has 2 rings (SSSR count). The largest absolute Gasteiger partial charge is 0.0843 e. The lowest BCUT2D eigenvalue weighted by molar-refractivity contribution is 1.14. The van der Waals surface area contributed by atoms with Gasteiger partial charge in [-0.25, -0.2) is 0 Å². The molecule has 0 fully saturated rings. The maximum absolute atomic E-state index is 5.97. The number of hydrogen-bond donors (Lipinski definition) is 0. The third-order valence-corrected chi connectivity index (χ3v) is 2.73. The Morgan fingerprint density at radius 2 is 1.60 bits per heavy atom. The fraction of sp³-hybridized carbons (Fsp3) is 0.143. The van der Waals surface area contributed by atoms with Gasteiger partial charge in [0.2, 0.25) is 0 Å². The molecule has 0 heterocycles. The molecule has 0 aromatic heterocycles. The van der Waals surface area contributed by atoms with Gasteiger partial charge in [0.05, 0.1) is 0 Å². The van der Waals surface area contributed by atoms with E-state index in [0.717, 1.165) is 11.4 Å². The van der Waals surface area contributed by atoms with Crippen molar-refractivity contribution in [3.63, 3.8) is 0 Å². The van der Waals surface area contributed by atoms with Crippen molar-refractivity contribution in [2.75, 3.05) is 0 Å². The van der Waals surface area contributed by atoms with Crippen LogP contribution in [0.4, 0.5) is 0 Å². The fourth-order valence-corrected chi connectivity index (χ4v) is 1.83. The van der Waals surface area contributed by atoms with Crippen LogP contribution in [0.15, 0.2) is 48.5 Å². The molecule has 0 atom stereocenters. The first-order valence-corrected chi connectivity index (χ1v) is 5.52. The van der Waals surface area contributed by atoms with Gasteiger partial charge in [-0.15, -0.1) is 0 Å². The molecule has 2 aromatic carbocycles. The number of benzene rings is 2. The zero-order chi connectivity index (χ0) is 10.7.